The fourth-order valence-electron chi connectivity index (χ4n) is 2.16. The van der Waals surface area contributed by atoms with E-state index in [1.165, 1.54) is 5.56 Å². The van der Waals surface area contributed by atoms with Gasteiger partial charge in [0.2, 0.25) is 0 Å². The Hall–Kier alpha value is -1.53. The number of nitrogens with zero attached hydrogens (tertiary/aromatic N) is 1. The molecule has 0 bridgehead atoms. The van der Waals surface area contributed by atoms with Gasteiger partial charge in [-0.1, -0.05) is 43.0 Å². The maximum atomic E-state index is 11.5. The van der Waals surface area contributed by atoms with Crippen molar-refractivity contribution in [3.63, 3.8) is 0 Å². The van der Waals surface area contributed by atoms with Gasteiger partial charge < -0.3 is 4.74 Å². The number of hydrogen-bond donors (Lipinski definition) is 0. The van der Waals surface area contributed by atoms with Crippen molar-refractivity contribution in [2.45, 2.75) is 45.4 Å². The second kappa shape index (κ2) is 10.2. The molecule has 0 spiro atoms. The van der Waals surface area contributed by atoms with Gasteiger partial charge >= 0.3 is 5.97 Å². The Kier molecular flexibility index (Phi) is 8.54. The molecule has 1 rings (SSSR count). The molecule has 0 aliphatic rings. The lowest BCUT2D eigenvalue weighted by Crippen LogP contribution is -2.16. The van der Waals surface area contributed by atoms with Crippen LogP contribution in [0.15, 0.2) is 24.3 Å². The first kappa shape index (κ1) is 17.5. The predicted molar refractivity (Wildman–Crippen MR) is 84.0 cm³/mol. The third kappa shape index (κ3) is 7.15. The fraction of sp³-hybridized carbons (Fsp3) is 0.529. The van der Waals surface area contributed by atoms with E-state index in [1.807, 2.05) is 18.2 Å². The van der Waals surface area contributed by atoms with Gasteiger partial charge in [-0.2, -0.15) is 5.26 Å². The molecule has 0 radical (unpaired) electrons. The molecular weight excluding hydrogens is 286 g/mol. The van der Waals surface area contributed by atoms with Crippen LogP contribution in [0, 0.1) is 17.2 Å². The number of rotatable bonds is 9. The monoisotopic (exact) mass is 307 g/mol. The minimum Gasteiger partial charge on any atom is -0.465 e. The zero-order valence-corrected chi connectivity index (χ0v) is 13.2. The third-order valence-electron chi connectivity index (χ3n) is 3.35. The van der Waals surface area contributed by atoms with Gasteiger partial charge in [0.1, 0.15) is 5.92 Å². The van der Waals surface area contributed by atoms with Gasteiger partial charge in [0.25, 0.3) is 0 Å². The molecule has 114 valence electrons. The van der Waals surface area contributed by atoms with Crippen LogP contribution in [0.4, 0.5) is 0 Å². The molecular formula is C17H22ClNO2. The average molecular weight is 308 g/mol. The summed E-state index contributed by atoms with van der Waals surface area (Å²) in [5, 5.41) is 9.70. The molecule has 0 fully saturated rings. The average Bonchev–Trinajstić information content (AvgIpc) is 2.48. The summed E-state index contributed by atoms with van der Waals surface area (Å²) in [5.41, 5.74) is 1.29. The number of benzene rings is 1. The van der Waals surface area contributed by atoms with Crippen molar-refractivity contribution in [2.24, 2.45) is 5.92 Å². The van der Waals surface area contributed by atoms with Gasteiger partial charge in [0, 0.05) is 5.02 Å². The Balaban J connectivity index is 2.12. The van der Waals surface area contributed by atoms with Gasteiger partial charge in [0.05, 0.1) is 12.7 Å². The Labute approximate surface area is 131 Å². The molecule has 1 aromatic rings. The van der Waals surface area contributed by atoms with Crippen molar-refractivity contribution >= 4 is 17.6 Å². The molecule has 0 saturated heterocycles. The van der Waals surface area contributed by atoms with Gasteiger partial charge in [-0.05, 0) is 43.9 Å². The summed E-state index contributed by atoms with van der Waals surface area (Å²) in [5.74, 6) is -0.998. The van der Waals surface area contributed by atoms with Crippen LogP contribution < -0.4 is 0 Å². The number of ether oxygens (including phenoxy) is 1. The summed E-state index contributed by atoms with van der Waals surface area (Å²) >= 11 is 5.84. The van der Waals surface area contributed by atoms with E-state index in [0.29, 0.717) is 13.0 Å². The molecule has 4 heteroatoms. The van der Waals surface area contributed by atoms with E-state index in [0.717, 1.165) is 37.1 Å². The molecule has 1 aromatic carbocycles. The van der Waals surface area contributed by atoms with Crippen molar-refractivity contribution in [3.8, 4) is 6.07 Å². The highest BCUT2D eigenvalue weighted by atomic mass is 35.5. The zero-order valence-electron chi connectivity index (χ0n) is 12.5. The van der Waals surface area contributed by atoms with Crippen LogP contribution in [0.3, 0.4) is 0 Å². The second-order valence-corrected chi connectivity index (χ2v) is 5.45. The first-order chi connectivity index (χ1) is 10.2. The van der Waals surface area contributed by atoms with E-state index >= 15 is 0 Å². The topological polar surface area (TPSA) is 50.1 Å². The predicted octanol–water partition coefficient (Wildman–Crippen LogP) is 4.54. The summed E-state index contributed by atoms with van der Waals surface area (Å²) in [4.78, 5) is 11.5. The van der Waals surface area contributed by atoms with Gasteiger partial charge in [-0.25, -0.2) is 0 Å². The van der Waals surface area contributed by atoms with Crippen molar-refractivity contribution < 1.29 is 9.53 Å². The smallest absolute Gasteiger partial charge is 0.323 e. The molecule has 1 unspecified atom stereocenters. The molecule has 3 nitrogen and oxygen atoms in total. The molecule has 0 saturated carbocycles. The Morgan fingerprint density at radius 1 is 1.24 bits per heavy atom. The van der Waals surface area contributed by atoms with Gasteiger partial charge in [0.15, 0.2) is 0 Å². The summed E-state index contributed by atoms with van der Waals surface area (Å²) in [7, 11) is 0. The molecule has 0 heterocycles. The molecule has 0 aliphatic carbocycles. The highest BCUT2D eigenvalue weighted by Gasteiger charge is 2.18. The SMILES string of the molecule is CCOC(=O)C(C#N)CCCCCCc1ccc(Cl)cc1. The molecule has 21 heavy (non-hydrogen) atoms. The van der Waals surface area contributed by atoms with E-state index in [9.17, 15) is 4.79 Å². The van der Waals surface area contributed by atoms with Crippen molar-refractivity contribution in [1.82, 2.24) is 0 Å². The maximum absolute atomic E-state index is 11.5. The normalized spacial score (nSPS) is 11.7. The van der Waals surface area contributed by atoms with E-state index in [2.05, 4.69) is 12.1 Å². The van der Waals surface area contributed by atoms with Gasteiger partial charge in [-0.3, -0.25) is 4.79 Å². The lowest BCUT2D eigenvalue weighted by Gasteiger charge is -2.08. The van der Waals surface area contributed by atoms with Crippen LogP contribution in [0.5, 0.6) is 0 Å². The fourth-order valence-corrected chi connectivity index (χ4v) is 2.29. The Morgan fingerprint density at radius 3 is 2.52 bits per heavy atom. The molecule has 0 amide bonds. The van der Waals surface area contributed by atoms with Crippen LogP contribution in [-0.2, 0) is 16.0 Å². The molecule has 0 N–H and O–H groups in total. The van der Waals surface area contributed by atoms with Crippen molar-refractivity contribution in [2.75, 3.05) is 6.61 Å². The largest absolute Gasteiger partial charge is 0.465 e. The number of nitriles is 1. The summed E-state index contributed by atoms with van der Waals surface area (Å²) in [6.07, 6.45) is 5.76. The summed E-state index contributed by atoms with van der Waals surface area (Å²) in [6, 6.07) is 9.94. The molecule has 1 atom stereocenters. The van der Waals surface area contributed by atoms with E-state index in [1.54, 1.807) is 6.92 Å². The Bertz CT molecular complexity index is 465. The van der Waals surface area contributed by atoms with Crippen LogP contribution >= 0.6 is 11.6 Å². The summed E-state index contributed by atoms with van der Waals surface area (Å²) < 4.78 is 4.87. The van der Waals surface area contributed by atoms with E-state index in [4.69, 9.17) is 21.6 Å². The number of carbonyl (C=O) groups excluding carboxylic acids is 1. The Morgan fingerprint density at radius 2 is 1.90 bits per heavy atom. The first-order valence-electron chi connectivity index (χ1n) is 7.48. The highest BCUT2D eigenvalue weighted by molar-refractivity contribution is 6.30. The van der Waals surface area contributed by atoms with E-state index < -0.39 is 5.92 Å². The van der Waals surface area contributed by atoms with Crippen LogP contribution in [0.1, 0.15) is 44.6 Å². The lowest BCUT2D eigenvalue weighted by molar-refractivity contribution is -0.146. The third-order valence-corrected chi connectivity index (χ3v) is 3.60. The standard InChI is InChI=1S/C17H22ClNO2/c1-2-21-17(20)15(13-19)8-6-4-3-5-7-14-9-11-16(18)12-10-14/h9-12,15H,2-8H2,1H3. The van der Waals surface area contributed by atoms with Gasteiger partial charge in [-0.15, -0.1) is 0 Å². The summed E-state index contributed by atoms with van der Waals surface area (Å²) in [6.45, 7) is 2.08. The number of hydrogen-bond acceptors (Lipinski definition) is 3. The molecule has 0 aromatic heterocycles. The van der Waals surface area contributed by atoms with Crippen LogP contribution in [-0.4, -0.2) is 12.6 Å². The van der Waals surface area contributed by atoms with Crippen LogP contribution in [0.25, 0.3) is 0 Å². The maximum Gasteiger partial charge on any atom is 0.323 e. The number of halogens is 1. The quantitative estimate of drug-likeness (QED) is 0.497. The first-order valence-corrected chi connectivity index (χ1v) is 7.86. The molecule has 0 aliphatic heterocycles. The van der Waals surface area contributed by atoms with Crippen LogP contribution in [0.2, 0.25) is 5.02 Å². The van der Waals surface area contributed by atoms with Crippen molar-refractivity contribution in [3.05, 3.63) is 34.9 Å². The van der Waals surface area contributed by atoms with Crippen molar-refractivity contribution in [1.29, 1.82) is 5.26 Å². The zero-order chi connectivity index (χ0) is 15.5. The second-order valence-electron chi connectivity index (χ2n) is 5.01. The minimum absolute atomic E-state index is 0.331. The van der Waals surface area contributed by atoms with E-state index in [-0.39, 0.29) is 5.97 Å². The highest BCUT2D eigenvalue weighted by Crippen LogP contribution is 2.15. The number of aryl methyl sites for hydroxylation is 1. The number of carbonyl (C=O) groups is 1. The minimum atomic E-state index is -0.610. The number of esters is 1. The number of unbranched alkanes of at least 4 members (excludes halogenated alkanes) is 3. The lowest BCUT2D eigenvalue weighted by atomic mass is 10.0.